The number of rotatable bonds is 5. The molecule has 2 aromatic rings. The molecule has 132 valence electrons. The number of carbonyl (C=O) groups excluding carboxylic acids is 2. The van der Waals surface area contributed by atoms with Crippen molar-refractivity contribution in [1.82, 2.24) is 0 Å². The van der Waals surface area contributed by atoms with Crippen molar-refractivity contribution in [3.05, 3.63) is 58.6 Å². The maximum Gasteiger partial charge on any atom is 0.417 e. The molecule has 0 aliphatic heterocycles. The predicted molar refractivity (Wildman–Crippen MR) is 90.0 cm³/mol. The Hall–Kier alpha value is -2.54. The summed E-state index contributed by atoms with van der Waals surface area (Å²) in [4.78, 5) is 23.2. The van der Waals surface area contributed by atoms with Gasteiger partial charge in [-0.3, -0.25) is 9.59 Å². The van der Waals surface area contributed by atoms with Crippen molar-refractivity contribution in [2.45, 2.75) is 13.1 Å². The predicted octanol–water partition coefficient (Wildman–Crippen LogP) is 4.61. The number of ketones is 1. The SMILES string of the molecule is CC(=O)c1cccc(NC(=O)CNc2ccc(Cl)c(C(F)(F)F)c2)c1. The Labute approximate surface area is 147 Å². The average Bonchev–Trinajstić information content (AvgIpc) is 2.53. The lowest BCUT2D eigenvalue weighted by atomic mass is 10.1. The molecule has 1 amide bonds. The molecule has 0 atom stereocenters. The lowest BCUT2D eigenvalue weighted by Crippen LogP contribution is -2.22. The van der Waals surface area contributed by atoms with Gasteiger partial charge >= 0.3 is 6.18 Å². The summed E-state index contributed by atoms with van der Waals surface area (Å²) in [5, 5.41) is 4.75. The van der Waals surface area contributed by atoms with Crippen LogP contribution in [0.4, 0.5) is 24.5 Å². The zero-order valence-corrected chi connectivity index (χ0v) is 13.8. The van der Waals surface area contributed by atoms with Crippen LogP contribution in [-0.2, 0) is 11.0 Å². The van der Waals surface area contributed by atoms with Crippen molar-refractivity contribution in [3.8, 4) is 0 Å². The number of amides is 1. The molecule has 0 aromatic heterocycles. The summed E-state index contributed by atoms with van der Waals surface area (Å²) in [7, 11) is 0. The van der Waals surface area contributed by atoms with Gasteiger partial charge in [-0.25, -0.2) is 0 Å². The van der Waals surface area contributed by atoms with Crippen molar-refractivity contribution in [2.75, 3.05) is 17.2 Å². The number of halogens is 4. The second-order valence-electron chi connectivity index (χ2n) is 5.23. The Morgan fingerprint density at radius 3 is 2.44 bits per heavy atom. The smallest absolute Gasteiger partial charge is 0.376 e. The van der Waals surface area contributed by atoms with Crippen molar-refractivity contribution in [3.63, 3.8) is 0 Å². The van der Waals surface area contributed by atoms with E-state index in [2.05, 4.69) is 10.6 Å². The van der Waals surface area contributed by atoms with E-state index in [-0.39, 0.29) is 18.0 Å². The highest BCUT2D eigenvalue weighted by atomic mass is 35.5. The third-order valence-corrected chi connectivity index (χ3v) is 3.61. The van der Waals surface area contributed by atoms with Gasteiger partial charge in [-0.2, -0.15) is 13.2 Å². The highest BCUT2D eigenvalue weighted by Crippen LogP contribution is 2.36. The molecule has 2 aromatic carbocycles. The van der Waals surface area contributed by atoms with E-state index in [0.717, 1.165) is 12.1 Å². The molecule has 0 aliphatic carbocycles. The fraction of sp³-hybridized carbons (Fsp3) is 0.176. The molecular formula is C17H14ClF3N2O2. The monoisotopic (exact) mass is 370 g/mol. The lowest BCUT2D eigenvalue weighted by molar-refractivity contribution is -0.137. The molecule has 25 heavy (non-hydrogen) atoms. The molecule has 2 rings (SSSR count). The third-order valence-electron chi connectivity index (χ3n) is 3.28. The normalized spacial score (nSPS) is 11.1. The highest BCUT2D eigenvalue weighted by Gasteiger charge is 2.33. The van der Waals surface area contributed by atoms with Crippen molar-refractivity contribution < 1.29 is 22.8 Å². The molecule has 0 saturated heterocycles. The zero-order valence-electron chi connectivity index (χ0n) is 13.1. The van der Waals surface area contributed by atoms with Crippen LogP contribution in [0.25, 0.3) is 0 Å². The van der Waals surface area contributed by atoms with E-state index in [1.807, 2.05) is 0 Å². The quantitative estimate of drug-likeness (QED) is 0.755. The Bertz CT molecular complexity index is 807. The summed E-state index contributed by atoms with van der Waals surface area (Å²) in [6.07, 6.45) is -4.58. The van der Waals surface area contributed by atoms with Gasteiger partial charge in [0.15, 0.2) is 5.78 Å². The summed E-state index contributed by atoms with van der Waals surface area (Å²) >= 11 is 5.54. The number of nitrogens with one attached hydrogen (secondary N) is 2. The molecule has 4 nitrogen and oxygen atoms in total. The van der Waals surface area contributed by atoms with E-state index in [1.54, 1.807) is 18.2 Å². The van der Waals surface area contributed by atoms with Gasteiger partial charge in [-0.15, -0.1) is 0 Å². The minimum atomic E-state index is -4.58. The molecule has 0 heterocycles. The van der Waals surface area contributed by atoms with Crippen LogP contribution in [0, 0.1) is 0 Å². The fourth-order valence-corrected chi connectivity index (χ4v) is 2.28. The van der Waals surface area contributed by atoms with Gasteiger partial charge in [0.1, 0.15) is 0 Å². The molecular weight excluding hydrogens is 357 g/mol. The molecule has 0 aliphatic rings. The van der Waals surface area contributed by atoms with Crippen molar-refractivity contribution in [1.29, 1.82) is 0 Å². The Morgan fingerprint density at radius 2 is 1.80 bits per heavy atom. The topological polar surface area (TPSA) is 58.2 Å². The number of carbonyl (C=O) groups is 2. The molecule has 2 N–H and O–H groups in total. The standard InChI is InChI=1S/C17H14ClF3N2O2/c1-10(24)11-3-2-4-13(7-11)23-16(25)9-22-12-5-6-15(18)14(8-12)17(19,20)21/h2-8,22H,9H2,1H3,(H,23,25). The van der Waals surface area contributed by atoms with E-state index >= 15 is 0 Å². The van der Waals surface area contributed by atoms with Gasteiger partial charge in [0.05, 0.1) is 17.1 Å². The Kier molecular flexibility index (Phi) is 5.69. The lowest BCUT2D eigenvalue weighted by Gasteiger charge is -2.12. The van der Waals surface area contributed by atoms with Gasteiger partial charge in [0, 0.05) is 16.9 Å². The van der Waals surface area contributed by atoms with E-state index in [1.165, 1.54) is 19.1 Å². The van der Waals surface area contributed by atoms with Gasteiger partial charge in [0.25, 0.3) is 0 Å². The maximum absolute atomic E-state index is 12.8. The zero-order chi connectivity index (χ0) is 18.6. The number of Topliss-reactive ketones (excluding diaryl/α,β-unsaturated/α-hetero) is 1. The minimum absolute atomic E-state index is 0.115. The number of anilines is 2. The first-order valence-electron chi connectivity index (χ1n) is 7.18. The first-order chi connectivity index (χ1) is 11.7. The summed E-state index contributed by atoms with van der Waals surface area (Å²) in [6, 6.07) is 9.66. The van der Waals surface area contributed by atoms with E-state index < -0.39 is 22.7 Å². The third kappa shape index (κ3) is 5.22. The number of hydrogen-bond acceptors (Lipinski definition) is 3. The first kappa shape index (κ1) is 18.8. The molecule has 0 saturated carbocycles. The molecule has 0 fully saturated rings. The van der Waals surface area contributed by atoms with E-state index in [4.69, 9.17) is 11.6 Å². The van der Waals surface area contributed by atoms with Crippen LogP contribution < -0.4 is 10.6 Å². The van der Waals surface area contributed by atoms with E-state index in [0.29, 0.717) is 11.3 Å². The van der Waals surface area contributed by atoms with Crippen LogP contribution >= 0.6 is 11.6 Å². The number of benzene rings is 2. The largest absolute Gasteiger partial charge is 0.417 e. The van der Waals surface area contributed by atoms with Crippen LogP contribution in [0.2, 0.25) is 5.02 Å². The average molecular weight is 371 g/mol. The van der Waals surface area contributed by atoms with Gasteiger partial charge in [0.2, 0.25) is 5.91 Å². The summed E-state index contributed by atoms with van der Waals surface area (Å²) in [6.45, 7) is 1.16. The Balaban J connectivity index is 2.01. The van der Waals surface area contributed by atoms with Gasteiger partial charge < -0.3 is 10.6 Å². The molecule has 0 bridgehead atoms. The van der Waals surface area contributed by atoms with Gasteiger partial charge in [-0.05, 0) is 37.3 Å². The fourth-order valence-electron chi connectivity index (χ4n) is 2.06. The number of alkyl halides is 3. The van der Waals surface area contributed by atoms with Crippen molar-refractivity contribution in [2.24, 2.45) is 0 Å². The molecule has 0 spiro atoms. The Morgan fingerprint density at radius 1 is 1.08 bits per heavy atom. The van der Waals surface area contributed by atoms with Crippen molar-refractivity contribution >= 4 is 34.7 Å². The molecule has 0 radical (unpaired) electrons. The van der Waals surface area contributed by atoms with Crippen LogP contribution in [0.15, 0.2) is 42.5 Å². The second kappa shape index (κ2) is 7.57. The highest BCUT2D eigenvalue weighted by molar-refractivity contribution is 6.31. The van der Waals surface area contributed by atoms with Gasteiger partial charge in [-0.1, -0.05) is 23.7 Å². The van der Waals surface area contributed by atoms with Crippen LogP contribution in [0.3, 0.4) is 0 Å². The second-order valence-corrected chi connectivity index (χ2v) is 5.64. The summed E-state index contributed by atoms with van der Waals surface area (Å²) in [5.41, 5.74) is 0.00274. The minimum Gasteiger partial charge on any atom is -0.376 e. The van der Waals surface area contributed by atoms with Crippen LogP contribution in [0.5, 0.6) is 0 Å². The first-order valence-corrected chi connectivity index (χ1v) is 7.56. The number of hydrogen-bond donors (Lipinski definition) is 2. The summed E-state index contributed by atoms with van der Waals surface area (Å²) in [5.74, 6) is -0.612. The molecule has 8 heteroatoms. The van der Waals surface area contributed by atoms with Crippen LogP contribution in [-0.4, -0.2) is 18.2 Å². The van der Waals surface area contributed by atoms with Crippen LogP contribution in [0.1, 0.15) is 22.8 Å². The summed E-state index contributed by atoms with van der Waals surface area (Å²) < 4.78 is 38.4. The molecule has 0 unspecified atom stereocenters. The van der Waals surface area contributed by atoms with E-state index in [9.17, 15) is 22.8 Å². The maximum atomic E-state index is 12.8.